The van der Waals surface area contributed by atoms with Crippen molar-refractivity contribution in [2.75, 3.05) is 13.1 Å². The molecule has 1 aromatic carbocycles. The quantitative estimate of drug-likeness (QED) is 0.609. The van der Waals surface area contributed by atoms with Crippen LogP contribution >= 0.6 is 11.3 Å². The Kier molecular flexibility index (Phi) is 6.35. The largest absolute Gasteiger partial charge is 0.344 e. The lowest BCUT2D eigenvalue weighted by molar-refractivity contribution is -0.122. The van der Waals surface area contributed by atoms with Crippen LogP contribution in [0.1, 0.15) is 58.7 Å². The van der Waals surface area contributed by atoms with Crippen molar-refractivity contribution in [1.82, 2.24) is 20.0 Å². The number of aromatic nitrogens is 2. The Morgan fingerprint density at radius 1 is 1.23 bits per heavy atom. The lowest BCUT2D eigenvalue weighted by atomic mass is 10.0. The molecule has 0 aliphatic carbocycles. The fourth-order valence-electron chi connectivity index (χ4n) is 4.59. The van der Waals surface area contributed by atoms with E-state index >= 15 is 0 Å². The Morgan fingerprint density at radius 3 is 2.70 bits per heavy atom. The highest BCUT2D eigenvalue weighted by molar-refractivity contribution is 7.10. The van der Waals surface area contributed by atoms with Crippen LogP contribution in [-0.2, 0) is 11.8 Å². The van der Waals surface area contributed by atoms with Gasteiger partial charge in [-0.3, -0.25) is 14.4 Å². The molecule has 6 heteroatoms. The van der Waals surface area contributed by atoms with Crippen LogP contribution in [0.15, 0.2) is 47.8 Å². The maximum Gasteiger partial charge on any atom is 0.222 e. The highest BCUT2D eigenvalue weighted by Gasteiger charge is 2.30. The average Bonchev–Trinajstić information content (AvgIpc) is 3.47. The first-order chi connectivity index (χ1) is 14.5. The maximum atomic E-state index is 12.9. The molecular formula is C24H30N4OS. The van der Waals surface area contributed by atoms with Crippen molar-refractivity contribution in [3.05, 3.63) is 75.2 Å². The van der Waals surface area contributed by atoms with Gasteiger partial charge in [0.1, 0.15) is 0 Å². The van der Waals surface area contributed by atoms with Gasteiger partial charge in [-0.1, -0.05) is 36.4 Å². The highest BCUT2D eigenvalue weighted by atomic mass is 32.1. The summed E-state index contributed by atoms with van der Waals surface area (Å²) in [6.07, 6.45) is 2.81. The molecule has 4 rings (SSSR count). The van der Waals surface area contributed by atoms with Gasteiger partial charge < -0.3 is 5.32 Å². The van der Waals surface area contributed by atoms with Gasteiger partial charge in [0.2, 0.25) is 5.91 Å². The zero-order valence-electron chi connectivity index (χ0n) is 18.0. The van der Waals surface area contributed by atoms with Gasteiger partial charge in [-0.25, -0.2) is 0 Å². The van der Waals surface area contributed by atoms with Crippen LogP contribution in [0.5, 0.6) is 0 Å². The van der Waals surface area contributed by atoms with Crippen molar-refractivity contribution in [2.24, 2.45) is 7.05 Å². The van der Waals surface area contributed by atoms with Gasteiger partial charge in [0.05, 0.1) is 11.7 Å². The van der Waals surface area contributed by atoms with Gasteiger partial charge in [0.25, 0.3) is 0 Å². The molecule has 1 aliphatic rings. The van der Waals surface area contributed by atoms with E-state index < -0.39 is 0 Å². The van der Waals surface area contributed by atoms with Gasteiger partial charge in [-0.15, -0.1) is 11.3 Å². The molecule has 30 heavy (non-hydrogen) atoms. The number of hydrogen-bond acceptors (Lipinski definition) is 4. The van der Waals surface area contributed by atoms with E-state index in [9.17, 15) is 4.79 Å². The molecule has 158 valence electrons. The molecule has 1 amide bonds. The molecule has 2 aromatic heterocycles. The monoisotopic (exact) mass is 422 g/mol. The number of likely N-dealkylation sites (tertiary alicyclic amines) is 1. The highest BCUT2D eigenvalue weighted by Crippen LogP contribution is 2.35. The topological polar surface area (TPSA) is 50.2 Å². The molecule has 0 saturated carbocycles. The Balaban J connectivity index is 1.42. The van der Waals surface area contributed by atoms with E-state index in [2.05, 4.69) is 52.7 Å². The minimum absolute atomic E-state index is 0.0871. The number of thiophene rings is 1. The molecule has 1 N–H and O–H groups in total. The lowest BCUT2D eigenvalue weighted by Gasteiger charge is -2.25. The molecule has 5 nitrogen and oxygen atoms in total. The summed E-state index contributed by atoms with van der Waals surface area (Å²) in [6.45, 7) is 6.05. The molecule has 2 atom stereocenters. The van der Waals surface area contributed by atoms with Gasteiger partial charge in [-0.2, -0.15) is 5.10 Å². The number of benzene rings is 1. The number of amides is 1. The molecule has 2 unspecified atom stereocenters. The Bertz CT molecular complexity index is 980. The van der Waals surface area contributed by atoms with E-state index in [1.165, 1.54) is 17.7 Å². The predicted octanol–water partition coefficient (Wildman–Crippen LogP) is 4.53. The first kappa shape index (κ1) is 20.8. The maximum absolute atomic E-state index is 12.9. The molecule has 3 aromatic rings. The first-order valence-corrected chi connectivity index (χ1v) is 11.5. The number of rotatable bonds is 7. The summed E-state index contributed by atoms with van der Waals surface area (Å²) in [4.78, 5) is 16.5. The Morgan fingerprint density at radius 2 is 2.03 bits per heavy atom. The van der Waals surface area contributed by atoms with Gasteiger partial charge in [0.15, 0.2) is 0 Å². The SMILES string of the molecule is Cc1nn(C)c(C)c1C1CCCN1CCC(=O)NC(c1ccccc1)c1cccs1. The molecule has 0 bridgehead atoms. The molecule has 3 heterocycles. The van der Waals surface area contributed by atoms with Crippen LogP contribution in [0.2, 0.25) is 0 Å². The third kappa shape index (κ3) is 4.35. The number of carbonyl (C=O) groups is 1. The molecule has 1 saturated heterocycles. The summed E-state index contributed by atoms with van der Waals surface area (Å²) < 4.78 is 1.97. The van der Waals surface area contributed by atoms with Crippen LogP contribution in [-0.4, -0.2) is 33.7 Å². The summed E-state index contributed by atoms with van der Waals surface area (Å²) in [5, 5.41) is 9.93. The Labute approximate surface area is 182 Å². The van der Waals surface area contributed by atoms with Crippen LogP contribution in [0.3, 0.4) is 0 Å². The summed E-state index contributed by atoms with van der Waals surface area (Å²) in [7, 11) is 2.01. The van der Waals surface area contributed by atoms with Crippen LogP contribution < -0.4 is 5.32 Å². The van der Waals surface area contributed by atoms with Crippen molar-refractivity contribution in [3.63, 3.8) is 0 Å². The fraction of sp³-hybridized carbons (Fsp3) is 0.417. The number of aryl methyl sites for hydroxylation is 2. The number of hydrogen-bond donors (Lipinski definition) is 1. The fourth-order valence-corrected chi connectivity index (χ4v) is 5.39. The first-order valence-electron chi connectivity index (χ1n) is 10.7. The minimum Gasteiger partial charge on any atom is -0.344 e. The molecule has 1 fully saturated rings. The summed E-state index contributed by atoms with van der Waals surface area (Å²) in [6, 6.07) is 14.6. The van der Waals surface area contributed by atoms with E-state index in [1.807, 2.05) is 36.0 Å². The van der Waals surface area contributed by atoms with E-state index in [4.69, 9.17) is 0 Å². The molecule has 0 spiro atoms. The van der Waals surface area contributed by atoms with Crippen LogP contribution in [0.25, 0.3) is 0 Å². The Hall–Kier alpha value is -2.44. The number of carbonyl (C=O) groups excluding carboxylic acids is 1. The van der Waals surface area contributed by atoms with Crippen LogP contribution in [0, 0.1) is 13.8 Å². The molecular weight excluding hydrogens is 392 g/mol. The summed E-state index contributed by atoms with van der Waals surface area (Å²) >= 11 is 1.68. The summed E-state index contributed by atoms with van der Waals surface area (Å²) in [5.74, 6) is 0.0996. The summed E-state index contributed by atoms with van der Waals surface area (Å²) in [5.41, 5.74) is 4.80. The van der Waals surface area contributed by atoms with E-state index in [0.29, 0.717) is 12.5 Å². The second kappa shape index (κ2) is 9.14. The second-order valence-electron chi connectivity index (χ2n) is 8.08. The molecule has 0 radical (unpaired) electrons. The average molecular weight is 423 g/mol. The van der Waals surface area contributed by atoms with Gasteiger partial charge in [0, 0.05) is 42.2 Å². The third-order valence-electron chi connectivity index (χ3n) is 6.15. The number of nitrogens with zero attached hydrogens (tertiary/aromatic N) is 3. The minimum atomic E-state index is -0.0871. The standard InChI is InChI=1S/C24H30N4OS/c1-17-23(18(2)27(3)26-17)20-11-7-14-28(20)15-13-22(29)25-24(21-12-8-16-30-21)19-9-5-4-6-10-19/h4-6,8-10,12,16,20,24H,7,11,13-15H2,1-3H3,(H,25,29). The van der Waals surface area contributed by atoms with Crippen molar-refractivity contribution in [1.29, 1.82) is 0 Å². The van der Waals surface area contributed by atoms with Crippen molar-refractivity contribution < 1.29 is 4.79 Å². The lowest BCUT2D eigenvalue weighted by Crippen LogP contribution is -2.33. The zero-order valence-corrected chi connectivity index (χ0v) is 18.8. The van der Waals surface area contributed by atoms with E-state index in [-0.39, 0.29) is 11.9 Å². The number of nitrogens with one attached hydrogen (secondary N) is 1. The van der Waals surface area contributed by atoms with E-state index in [0.717, 1.165) is 35.6 Å². The van der Waals surface area contributed by atoms with Crippen LogP contribution in [0.4, 0.5) is 0 Å². The van der Waals surface area contributed by atoms with Gasteiger partial charge >= 0.3 is 0 Å². The van der Waals surface area contributed by atoms with Gasteiger partial charge in [-0.05, 0) is 50.2 Å². The zero-order chi connectivity index (χ0) is 21.1. The predicted molar refractivity (Wildman–Crippen MR) is 122 cm³/mol. The second-order valence-corrected chi connectivity index (χ2v) is 9.06. The normalized spacial score (nSPS) is 17.9. The van der Waals surface area contributed by atoms with Crippen molar-refractivity contribution >= 4 is 17.2 Å². The van der Waals surface area contributed by atoms with E-state index in [1.54, 1.807) is 11.3 Å². The molecule has 1 aliphatic heterocycles. The smallest absolute Gasteiger partial charge is 0.222 e. The van der Waals surface area contributed by atoms with Crippen molar-refractivity contribution in [2.45, 2.75) is 45.2 Å². The third-order valence-corrected chi connectivity index (χ3v) is 7.09. The van der Waals surface area contributed by atoms with Crippen molar-refractivity contribution in [3.8, 4) is 0 Å².